The van der Waals surface area contributed by atoms with Gasteiger partial charge in [0.15, 0.2) is 0 Å². The molecule has 2 amide bonds. The first-order chi connectivity index (χ1) is 27.8. The lowest BCUT2D eigenvalue weighted by Crippen LogP contribution is -2.37. The number of piperidine rings is 2. The minimum absolute atomic E-state index is 0.183. The van der Waals surface area contributed by atoms with E-state index < -0.39 is 0 Å². The number of rotatable bonds is 8. The molecule has 0 atom stereocenters. The van der Waals surface area contributed by atoms with E-state index in [1.165, 1.54) is 57.2 Å². The number of allylic oxidation sites excluding steroid dienone is 2. The zero-order valence-electron chi connectivity index (χ0n) is 34.6. The van der Waals surface area contributed by atoms with E-state index in [1.807, 2.05) is 34.1 Å². The Morgan fingerprint density at radius 1 is 0.719 bits per heavy atom. The largest absolute Gasteiger partial charge is 0.381 e. The molecule has 304 valence electrons. The molecule has 5 aliphatic heterocycles. The molecule has 2 aromatic heterocycles. The number of carbonyl (C=O) groups excluding carboxylic acids is 2. The van der Waals surface area contributed by atoms with Crippen molar-refractivity contribution in [2.75, 3.05) is 59.0 Å². The van der Waals surface area contributed by atoms with E-state index >= 15 is 0 Å². The van der Waals surface area contributed by atoms with Crippen LogP contribution >= 0.6 is 0 Å². The second-order valence-electron chi connectivity index (χ2n) is 17.5. The number of hydrogen-bond acceptors (Lipinski definition) is 5. The number of hydrogen-bond donors (Lipinski definition) is 1. The molecule has 9 rings (SSSR count). The summed E-state index contributed by atoms with van der Waals surface area (Å²) in [5.41, 5.74) is 9.72. The average molecular weight is 773 g/mol. The van der Waals surface area contributed by atoms with Gasteiger partial charge in [-0.2, -0.15) is 0 Å². The lowest BCUT2D eigenvalue weighted by molar-refractivity contribution is 0.0505. The summed E-state index contributed by atoms with van der Waals surface area (Å²) in [7, 11) is 0. The highest BCUT2D eigenvalue weighted by Crippen LogP contribution is 2.34. The third-order valence-electron chi connectivity index (χ3n) is 13.6. The number of nitrogens with one attached hydrogen (secondary N) is 1. The fourth-order valence-electron chi connectivity index (χ4n) is 10.1. The first-order valence-corrected chi connectivity index (χ1v) is 21.9. The van der Waals surface area contributed by atoms with Gasteiger partial charge in [0.05, 0.1) is 0 Å². The zero-order valence-corrected chi connectivity index (χ0v) is 34.6. The highest BCUT2D eigenvalue weighted by Gasteiger charge is 2.29. The molecule has 9 heteroatoms. The molecule has 4 aromatic rings. The Balaban J connectivity index is 0.000000165. The van der Waals surface area contributed by atoms with Crippen LogP contribution in [0.1, 0.15) is 95.6 Å². The molecule has 1 N–H and O–H groups in total. The SMILES string of the molecule is C=CCn1c2c(c3cc(C(=O)N4CCC(C)CC4)ccc31)CN(CC1CCOCC1)CC2.C=CCn1c2c(c3cc(C(=O)N4CCC(C)CC4)ccc31)CNCC2. The molecule has 9 nitrogen and oxygen atoms in total. The monoisotopic (exact) mass is 773 g/mol. The molecule has 7 heterocycles. The van der Waals surface area contributed by atoms with Gasteiger partial charge in [-0.1, -0.05) is 26.0 Å². The van der Waals surface area contributed by atoms with E-state index in [-0.39, 0.29) is 11.8 Å². The summed E-state index contributed by atoms with van der Waals surface area (Å²) in [6.45, 7) is 24.6. The number of fused-ring (bicyclic) bond motifs is 6. The Labute approximate surface area is 339 Å². The van der Waals surface area contributed by atoms with Crippen LogP contribution in [0.25, 0.3) is 21.8 Å². The van der Waals surface area contributed by atoms with Crippen LogP contribution in [-0.2, 0) is 43.8 Å². The topological polar surface area (TPSA) is 75.0 Å². The molecular weight excluding hydrogens is 709 g/mol. The van der Waals surface area contributed by atoms with Gasteiger partial charge in [-0.15, -0.1) is 13.2 Å². The van der Waals surface area contributed by atoms with Gasteiger partial charge in [0.1, 0.15) is 0 Å². The van der Waals surface area contributed by atoms with Crippen LogP contribution in [0.15, 0.2) is 61.7 Å². The van der Waals surface area contributed by atoms with Crippen LogP contribution in [0, 0.1) is 17.8 Å². The first-order valence-electron chi connectivity index (χ1n) is 21.9. The van der Waals surface area contributed by atoms with Crippen LogP contribution in [-0.4, -0.2) is 94.7 Å². The van der Waals surface area contributed by atoms with Gasteiger partial charge >= 0.3 is 0 Å². The molecule has 2 aromatic carbocycles. The fourth-order valence-corrected chi connectivity index (χ4v) is 10.1. The van der Waals surface area contributed by atoms with Crippen LogP contribution in [0.3, 0.4) is 0 Å². The Hall–Kier alpha value is -4.18. The number of ether oxygens (including phenoxy) is 1. The molecule has 0 unspecified atom stereocenters. The van der Waals surface area contributed by atoms with Crippen molar-refractivity contribution in [2.24, 2.45) is 17.8 Å². The molecule has 0 radical (unpaired) electrons. The lowest BCUT2D eigenvalue weighted by Gasteiger charge is -2.33. The summed E-state index contributed by atoms with van der Waals surface area (Å²) in [6, 6.07) is 12.6. The van der Waals surface area contributed by atoms with Crippen LogP contribution in [0.4, 0.5) is 0 Å². The Bertz CT molecular complexity index is 2090. The van der Waals surface area contributed by atoms with Crippen molar-refractivity contribution < 1.29 is 14.3 Å². The predicted octanol–water partition coefficient (Wildman–Crippen LogP) is 7.83. The van der Waals surface area contributed by atoms with Crippen molar-refractivity contribution in [2.45, 2.75) is 91.4 Å². The van der Waals surface area contributed by atoms with Crippen molar-refractivity contribution in [3.8, 4) is 0 Å². The number of carbonyl (C=O) groups is 2. The van der Waals surface area contributed by atoms with Gasteiger partial charge < -0.3 is 29.0 Å². The van der Waals surface area contributed by atoms with E-state index in [0.29, 0.717) is 0 Å². The number of benzene rings is 2. The molecule has 0 bridgehead atoms. The normalized spacial score (nSPS) is 19.9. The van der Waals surface area contributed by atoms with E-state index in [1.54, 1.807) is 0 Å². The van der Waals surface area contributed by atoms with Gasteiger partial charge in [0, 0.05) is 142 Å². The molecule has 3 saturated heterocycles. The van der Waals surface area contributed by atoms with Gasteiger partial charge in [-0.05, 0) is 104 Å². The maximum Gasteiger partial charge on any atom is 0.253 e. The quantitative estimate of drug-likeness (QED) is 0.185. The average Bonchev–Trinajstić information content (AvgIpc) is 3.72. The Morgan fingerprint density at radius 3 is 1.79 bits per heavy atom. The predicted molar refractivity (Wildman–Crippen MR) is 231 cm³/mol. The molecular formula is C48H64N6O3. The molecule has 0 aliphatic carbocycles. The summed E-state index contributed by atoms with van der Waals surface area (Å²) >= 11 is 0. The van der Waals surface area contributed by atoms with E-state index in [4.69, 9.17) is 4.74 Å². The maximum absolute atomic E-state index is 13.3. The molecule has 0 saturated carbocycles. The second-order valence-corrected chi connectivity index (χ2v) is 17.5. The molecule has 5 aliphatic rings. The minimum Gasteiger partial charge on any atom is -0.381 e. The first kappa shape index (κ1) is 39.6. The van der Waals surface area contributed by atoms with Crippen LogP contribution in [0.5, 0.6) is 0 Å². The second kappa shape index (κ2) is 17.8. The molecule has 57 heavy (non-hydrogen) atoms. The summed E-state index contributed by atoms with van der Waals surface area (Å²) in [4.78, 5) is 32.9. The number of nitrogens with zero attached hydrogens (tertiary/aromatic N) is 5. The van der Waals surface area contributed by atoms with Crippen molar-refractivity contribution in [1.82, 2.24) is 29.2 Å². The summed E-state index contributed by atoms with van der Waals surface area (Å²) in [5, 5.41) is 5.95. The van der Waals surface area contributed by atoms with Crippen molar-refractivity contribution in [1.29, 1.82) is 0 Å². The van der Waals surface area contributed by atoms with Crippen molar-refractivity contribution in [3.63, 3.8) is 0 Å². The zero-order chi connectivity index (χ0) is 39.5. The van der Waals surface area contributed by atoms with Crippen LogP contribution < -0.4 is 5.32 Å². The van der Waals surface area contributed by atoms with E-state index in [9.17, 15) is 9.59 Å². The third kappa shape index (κ3) is 8.39. The fraction of sp³-hybridized carbons (Fsp3) is 0.542. The standard InChI is InChI=1S/C27H37N3O2.C21H27N3O/c1-3-11-30-25-5-4-22(27(31)29-13-6-20(2)7-14-29)17-23(25)24-19-28(12-8-26(24)30)18-21-9-15-32-16-10-21;1-3-10-24-19-5-4-16(21(25)23-11-7-15(2)8-12-23)13-17(19)18-14-22-9-6-20(18)24/h3-5,17,20-21H,1,6-16,18-19H2,2H3;3-5,13,15,22H,1,6-12,14H2,2H3. The van der Waals surface area contributed by atoms with Gasteiger partial charge in [0.2, 0.25) is 0 Å². The number of aromatic nitrogens is 2. The van der Waals surface area contributed by atoms with Crippen molar-refractivity contribution in [3.05, 3.63) is 95.3 Å². The summed E-state index contributed by atoms with van der Waals surface area (Å²) in [5.74, 6) is 2.58. The number of amides is 2. The third-order valence-corrected chi connectivity index (χ3v) is 13.6. The minimum atomic E-state index is 0.183. The highest BCUT2D eigenvalue weighted by atomic mass is 16.5. The number of likely N-dealkylation sites (tertiary alicyclic amines) is 2. The van der Waals surface area contributed by atoms with Crippen molar-refractivity contribution >= 4 is 33.6 Å². The van der Waals surface area contributed by atoms with Gasteiger partial charge in [-0.25, -0.2) is 0 Å². The lowest BCUT2D eigenvalue weighted by atomic mass is 9.96. The van der Waals surface area contributed by atoms with E-state index in [0.717, 1.165) is 153 Å². The Morgan fingerprint density at radius 2 is 1.25 bits per heavy atom. The molecule has 0 spiro atoms. The molecule has 3 fully saturated rings. The van der Waals surface area contributed by atoms with Gasteiger partial charge in [-0.3, -0.25) is 14.5 Å². The Kier molecular flexibility index (Phi) is 12.3. The van der Waals surface area contributed by atoms with E-state index in [2.05, 4.69) is 70.6 Å². The van der Waals surface area contributed by atoms with Crippen LogP contribution in [0.2, 0.25) is 0 Å². The summed E-state index contributed by atoms with van der Waals surface area (Å²) < 4.78 is 10.3. The summed E-state index contributed by atoms with van der Waals surface area (Å²) in [6.07, 6.45) is 12.8. The van der Waals surface area contributed by atoms with Gasteiger partial charge in [0.25, 0.3) is 11.8 Å². The highest BCUT2D eigenvalue weighted by molar-refractivity contribution is 6.00. The maximum atomic E-state index is 13.3. The smallest absolute Gasteiger partial charge is 0.253 e.